The van der Waals surface area contributed by atoms with Gasteiger partial charge >= 0.3 is 0 Å². The predicted molar refractivity (Wildman–Crippen MR) is 114 cm³/mol. The van der Waals surface area contributed by atoms with E-state index in [1.807, 2.05) is 31.2 Å². The Morgan fingerprint density at radius 2 is 1.70 bits per heavy atom. The molecule has 0 atom stereocenters. The van der Waals surface area contributed by atoms with E-state index in [1.165, 1.54) is 4.31 Å². The second kappa shape index (κ2) is 9.95. The molecule has 0 aromatic heterocycles. The van der Waals surface area contributed by atoms with Crippen molar-refractivity contribution in [2.45, 2.75) is 24.7 Å². The van der Waals surface area contributed by atoms with Gasteiger partial charge in [-0.3, -0.25) is 4.79 Å². The average molecular weight is 433 g/mol. The van der Waals surface area contributed by atoms with Gasteiger partial charge in [-0.2, -0.15) is 4.31 Å². The monoisotopic (exact) mass is 432 g/mol. The molecule has 2 aromatic rings. The molecule has 1 saturated heterocycles. The van der Waals surface area contributed by atoms with E-state index < -0.39 is 10.0 Å². The van der Waals surface area contributed by atoms with Gasteiger partial charge in [-0.15, -0.1) is 0 Å². The van der Waals surface area contributed by atoms with Crippen molar-refractivity contribution in [1.82, 2.24) is 9.21 Å². The molecule has 1 amide bonds. The lowest BCUT2D eigenvalue weighted by molar-refractivity contribution is -0.132. The number of carbonyl (C=O) groups excluding carboxylic acids is 1. The predicted octanol–water partition coefficient (Wildman–Crippen LogP) is 2.56. The zero-order valence-electron chi connectivity index (χ0n) is 17.4. The van der Waals surface area contributed by atoms with Crippen molar-refractivity contribution in [1.29, 1.82) is 0 Å². The molecule has 8 heteroatoms. The van der Waals surface area contributed by atoms with Crippen LogP contribution in [0.15, 0.2) is 53.4 Å². The number of benzene rings is 2. The average Bonchev–Trinajstić information content (AvgIpc) is 2.78. The third kappa shape index (κ3) is 5.31. The Kier molecular flexibility index (Phi) is 7.33. The third-order valence-corrected chi connectivity index (χ3v) is 7.04. The van der Waals surface area contributed by atoms with Crippen LogP contribution in [0.5, 0.6) is 11.5 Å². The Labute approximate surface area is 178 Å². The first-order valence-corrected chi connectivity index (χ1v) is 11.5. The van der Waals surface area contributed by atoms with Gasteiger partial charge in [-0.1, -0.05) is 12.1 Å². The summed E-state index contributed by atoms with van der Waals surface area (Å²) in [5.41, 5.74) is 1.04. The van der Waals surface area contributed by atoms with E-state index in [2.05, 4.69) is 0 Å². The van der Waals surface area contributed by atoms with Crippen LogP contribution >= 0.6 is 0 Å². The molecule has 1 fully saturated rings. The number of hydrogen-bond donors (Lipinski definition) is 0. The summed E-state index contributed by atoms with van der Waals surface area (Å²) in [4.78, 5) is 14.5. The summed E-state index contributed by atoms with van der Waals surface area (Å²) in [6.07, 6.45) is 1.01. The number of sulfonamides is 1. The summed E-state index contributed by atoms with van der Waals surface area (Å²) in [6, 6.07) is 14.1. The van der Waals surface area contributed by atoms with Gasteiger partial charge in [-0.25, -0.2) is 8.42 Å². The maximum atomic E-state index is 12.9. The number of rotatable bonds is 8. The molecule has 1 heterocycles. The number of hydrogen-bond acceptors (Lipinski definition) is 5. The molecule has 0 radical (unpaired) electrons. The van der Waals surface area contributed by atoms with Gasteiger partial charge in [0.05, 0.1) is 18.6 Å². The minimum atomic E-state index is -3.58. The van der Waals surface area contributed by atoms with Crippen molar-refractivity contribution in [2.24, 2.45) is 0 Å². The van der Waals surface area contributed by atoms with Crippen LogP contribution in [0.2, 0.25) is 0 Å². The molecule has 30 heavy (non-hydrogen) atoms. The number of piperazine rings is 1. The molecule has 0 spiro atoms. The van der Waals surface area contributed by atoms with Crippen LogP contribution < -0.4 is 9.47 Å². The molecule has 3 rings (SSSR count). The standard InChI is InChI=1S/C22H28N2O5S/c1-3-29-19-8-10-21(11-9-19)30(26,27)24-15-13-23(14-16-24)22(25)12-7-18-5-4-6-20(17-18)28-2/h4-6,8-11,17H,3,7,12-16H2,1-2H3. The number of aryl methyl sites for hydroxylation is 1. The zero-order valence-corrected chi connectivity index (χ0v) is 18.2. The fourth-order valence-corrected chi connectivity index (χ4v) is 4.86. The fraction of sp³-hybridized carbons (Fsp3) is 0.409. The number of ether oxygens (including phenoxy) is 2. The quantitative estimate of drug-likeness (QED) is 0.641. The second-order valence-corrected chi connectivity index (χ2v) is 8.98. The van der Waals surface area contributed by atoms with E-state index in [0.717, 1.165) is 11.3 Å². The van der Waals surface area contributed by atoms with Gasteiger partial charge in [0.2, 0.25) is 15.9 Å². The smallest absolute Gasteiger partial charge is 0.243 e. The summed E-state index contributed by atoms with van der Waals surface area (Å²) in [5.74, 6) is 1.45. The summed E-state index contributed by atoms with van der Waals surface area (Å²) < 4.78 is 37.8. The summed E-state index contributed by atoms with van der Waals surface area (Å²) in [7, 11) is -1.96. The number of nitrogens with zero attached hydrogens (tertiary/aromatic N) is 2. The van der Waals surface area contributed by atoms with Crippen LogP contribution in [0.3, 0.4) is 0 Å². The maximum absolute atomic E-state index is 12.9. The molecule has 2 aromatic carbocycles. The molecule has 0 saturated carbocycles. The second-order valence-electron chi connectivity index (χ2n) is 7.04. The Morgan fingerprint density at radius 1 is 1.00 bits per heavy atom. The molecular weight excluding hydrogens is 404 g/mol. The van der Waals surface area contributed by atoms with Gasteiger partial charge in [0.25, 0.3) is 0 Å². The first kappa shape index (κ1) is 22.1. The molecule has 1 aliphatic heterocycles. The van der Waals surface area contributed by atoms with E-state index in [1.54, 1.807) is 36.3 Å². The molecular formula is C22H28N2O5S. The highest BCUT2D eigenvalue weighted by Crippen LogP contribution is 2.21. The van der Waals surface area contributed by atoms with Crippen LogP contribution in [0, 0.1) is 0 Å². The van der Waals surface area contributed by atoms with Crippen LogP contribution in [0.4, 0.5) is 0 Å². The maximum Gasteiger partial charge on any atom is 0.243 e. The Bertz CT molecular complexity index is 952. The highest BCUT2D eigenvalue weighted by molar-refractivity contribution is 7.89. The van der Waals surface area contributed by atoms with Gasteiger partial charge in [0.15, 0.2) is 0 Å². The van der Waals surface area contributed by atoms with E-state index in [-0.39, 0.29) is 10.8 Å². The van der Waals surface area contributed by atoms with Crippen molar-refractivity contribution >= 4 is 15.9 Å². The Morgan fingerprint density at radius 3 is 2.33 bits per heavy atom. The summed E-state index contributed by atoms with van der Waals surface area (Å²) in [6.45, 7) is 3.78. The van der Waals surface area contributed by atoms with E-state index in [0.29, 0.717) is 51.4 Å². The van der Waals surface area contributed by atoms with E-state index >= 15 is 0 Å². The van der Waals surface area contributed by atoms with Gasteiger partial charge < -0.3 is 14.4 Å². The lowest BCUT2D eigenvalue weighted by Crippen LogP contribution is -2.50. The first-order chi connectivity index (χ1) is 14.4. The van der Waals surface area contributed by atoms with Crippen LogP contribution in [-0.2, 0) is 21.2 Å². The van der Waals surface area contributed by atoms with Gasteiger partial charge in [0, 0.05) is 32.6 Å². The Hall–Kier alpha value is -2.58. The number of amides is 1. The van der Waals surface area contributed by atoms with E-state index in [9.17, 15) is 13.2 Å². The summed E-state index contributed by atoms with van der Waals surface area (Å²) in [5, 5.41) is 0. The first-order valence-electron chi connectivity index (χ1n) is 10.1. The fourth-order valence-electron chi connectivity index (χ4n) is 3.44. The number of methoxy groups -OCH3 is 1. The summed E-state index contributed by atoms with van der Waals surface area (Å²) >= 11 is 0. The van der Waals surface area contributed by atoms with E-state index in [4.69, 9.17) is 9.47 Å². The highest BCUT2D eigenvalue weighted by atomic mass is 32.2. The van der Waals surface area contributed by atoms with Crippen molar-refractivity contribution in [3.63, 3.8) is 0 Å². The molecule has 7 nitrogen and oxygen atoms in total. The van der Waals surface area contributed by atoms with Crippen molar-refractivity contribution in [3.05, 3.63) is 54.1 Å². The molecule has 1 aliphatic rings. The SMILES string of the molecule is CCOc1ccc(S(=O)(=O)N2CCN(C(=O)CCc3cccc(OC)c3)CC2)cc1. The normalized spacial score (nSPS) is 15.1. The zero-order chi connectivity index (χ0) is 21.6. The topological polar surface area (TPSA) is 76.2 Å². The largest absolute Gasteiger partial charge is 0.497 e. The minimum Gasteiger partial charge on any atom is -0.497 e. The Balaban J connectivity index is 1.53. The van der Waals surface area contributed by atoms with Crippen molar-refractivity contribution < 1.29 is 22.7 Å². The van der Waals surface area contributed by atoms with Crippen molar-refractivity contribution in [2.75, 3.05) is 39.9 Å². The number of carbonyl (C=O) groups is 1. The lowest BCUT2D eigenvalue weighted by atomic mass is 10.1. The molecule has 162 valence electrons. The van der Waals surface area contributed by atoms with Crippen LogP contribution in [0.25, 0.3) is 0 Å². The van der Waals surface area contributed by atoms with Gasteiger partial charge in [-0.05, 0) is 55.3 Å². The van der Waals surface area contributed by atoms with Gasteiger partial charge in [0.1, 0.15) is 11.5 Å². The molecule has 0 N–H and O–H groups in total. The molecule has 0 bridgehead atoms. The molecule has 0 unspecified atom stereocenters. The van der Waals surface area contributed by atoms with Crippen LogP contribution in [0.1, 0.15) is 18.9 Å². The molecule has 0 aliphatic carbocycles. The van der Waals surface area contributed by atoms with Crippen LogP contribution in [-0.4, -0.2) is 63.4 Å². The van der Waals surface area contributed by atoms with Crippen molar-refractivity contribution in [3.8, 4) is 11.5 Å². The highest BCUT2D eigenvalue weighted by Gasteiger charge is 2.30. The lowest BCUT2D eigenvalue weighted by Gasteiger charge is -2.34. The third-order valence-electron chi connectivity index (χ3n) is 5.13. The minimum absolute atomic E-state index is 0.0379.